The summed E-state index contributed by atoms with van der Waals surface area (Å²) in [5.41, 5.74) is 0.870. The molecule has 1 amide bonds. The van der Waals surface area contributed by atoms with Gasteiger partial charge in [-0.15, -0.1) is 0 Å². The predicted octanol–water partition coefficient (Wildman–Crippen LogP) is 2.24. The van der Waals surface area contributed by atoms with Gasteiger partial charge in [-0.05, 0) is 58.6 Å². The van der Waals surface area contributed by atoms with Gasteiger partial charge in [0.1, 0.15) is 5.82 Å². The Hall–Kier alpha value is -1.46. The summed E-state index contributed by atoms with van der Waals surface area (Å²) in [5, 5.41) is 0. The number of carbonyl (C=O) groups excluding carboxylic acids is 1. The Labute approximate surface area is 145 Å². The molecule has 24 heavy (non-hydrogen) atoms. The minimum atomic E-state index is -0.264. The van der Waals surface area contributed by atoms with Gasteiger partial charge in [0.2, 0.25) is 5.91 Å². The molecule has 1 aromatic carbocycles. The highest BCUT2D eigenvalue weighted by Gasteiger charge is 2.31. The highest BCUT2D eigenvalue weighted by atomic mass is 19.1. The molecule has 1 aliphatic heterocycles. The van der Waals surface area contributed by atoms with E-state index in [1.54, 1.807) is 12.1 Å². The summed E-state index contributed by atoms with van der Waals surface area (Å²) in [6.07, 6.45) is 1.49. The Balaban J connectivity index is 1.87. The second-order valence-corrected chi connectivity index (χ2v) is 7.19. The topological polar surface area (TPSA) is 26.8 Å². The lowest BCUT2D eigenvalue weighted by Gasteiger charge is -2.44. The van der Waals surface area contributed by atoms with E-state index < -0.39 is 0 Å². The zero-order valence-corrected chi connectivity index (χ0v) is 15.3. The van der Waals surface area contributed by atoms with Crippen LogP contribution in [-0.4, -0.2) is 73.0 Å². The van der Waals surface area contributed by atoms with Gasteiger partial charge in [-0.1, -0.05) is 12.1 Å². The van der Waals surface area contributed by atoms with Gasteiger partial charge in [0.05, 0.1) is 6.42 Å². The first-order chi connectivity index (χ1) is 11.4. The third kappa shape index (κ3) is 5.28. The summed E-state index contributed by atoms with van der Waals surface area (Å²) in [7, 11) is 4.19. The van der Waals surface area contributed by atoms with E-state index >= 15 is 0 Å². The fourth-order valence-corrected chi connectivity index (χ4v) is 3.46. The highest BCUT2D eigenvalue weighted by Crippen LogP contribution is 2.17. The molecule has 1 fully saturated rings. The van der Waals surface area contributed by atoms with Crippen LogP contribution in [0.15, 0.2) is 24.3 Å². The van der Waals surface area contributed by atoms with Crippen molar-refractivity contribution in [1.82, 2.24) is 14.7 Å². The maximum absolute atomic E-state index is 13.0. The van der Waals surface area contributed by atoms with Crippen molar-refractivity contribution < 1.29 is 9.18 Å². The third-order valence-corrected chi connectivity index (χ3v) is 4.74. The first-order valence-corrected chi connectivity index (χ1v) is 8.79. The minimum Gasteiger partial charge on any atom is -0.339 e. The van der Waals surface area contributed by atoms with Crippen LogP contribution in [-0.2, 0) is 11.2 Å². The number of halogens is 1. The van der Waals surface area contributed by atoms with E-state index in [0.717, 1.165) is 38.2 Å². The lowest BCUT2D eigenvalue weighted by atomic mass is 10.1. The summed E-state index contributed by atoms with van der Waals surface area (Å²) in [5.74, 6) is -0.131. The molecule has 0 bridgehead atoms. The van der Waals surface area contributed by atoms with Crippen LogP contribution in [0.4, 0.5) is 4.39 Å². The Morgan fingerprint density at radius 1 is 1.17 bits per heavy atom. The van der Waals surface area contributed by atoms with E-state index in [1.807, 2.05) is 4.90 Å². The fraction of sp³-hybridized carbons (Fsp3) is 0.632. The molecule has 1 aliphatic rings. The van der Waals surface area contributed by atoms with E-state index in [4.69, 9.17) is 0 Å². The van der Waals surface area contributed by atoms with Crippen LogP contribution < -0.4 is 0 Å². The molecule has 4 nitrogen and oxygen atoms in total. The molecule has 2 rings (SSSR count). The highest BCUT2D eigenvalue weighted by molar-refractivity contribution is 5.79. The molecule has 1 aromatic rings. The quantitative estimate of drug-likeness (QED) is 0.798. The van der Waals surface area contributed by atoms with Crippen molar-refractivity contribution in [3.05, 3.63) is 35.6 Å². The molecule has 134 valence electrons. The molecule has 2 unspecified atom stereocenters. The van der Waals surface area contributed by atoms with Crippen LogP contribution in [0.2, 0.25) is 0 Å². The number of nitrogens with zero attached hydrogens (tertiary/aromatic N) is 3. The molecule has 0 N–H and O–H groups in total. The number of benzene rings is 1. The summed E-state index contributed by atoms with van der Waals surface area (Å²) in [6, 6.07) is 6.95. The van der Waals surface area contributed by atoms with Gasteiger partial charge >= 0.3 is 0 Å². The average molecular weight is 335 g/mol. The van der Waals surface area contributed by atoms with Crippen molar-refractivity contribution in [1.29, 1.82) is 0 Å². The van der Waals surface area contributed by atoms with Crippen LogP contribution >= 0.6 is 0 Å². The normalized spacial score (nSPS) is 22.2. The standard InChI is InChI=1S/C19H30FN3O/c1-15-13-22(14-16(2)23(15)11-5-10-21(3)4)19(24)12-17-6-8-18(20)9-7-17/h6-9,15-16H,5,10-14H2,1-4H3. The van der Waals surface area contributed by atoms with Crippen molar-refractivity contribution >= 4 is 5.91 Å². The fourth-order valence-electron chi connectivity index (χ4n) is 3.46. The zero-order valence-electron chi connectivity index (χ0n) is 15.3. The van der Waals surface area contributed by atoms with Gasteiger partial charge in [-0.2, -0.15) is 0 Å². The lowest BCUT2D eigenvalue weighted by molar-refractivity contribution is -0.134. The smallest absolute Gasteiger partial charge is 0.227 e. The Morgan fingerprint density at radius 2 is 1.75 bits per heavy atom. The number of carbonyl (C=O) groups is 1. The monoisotopic (exact) mass is 335 g/mol. The van der Waals surface area contributed by atoms with E-state index in [2.05, 4.69) is 37.7 Å². The van der Waals surface area contributed by atoms with Crippen LogP contribution in [0.3, 0.4) is 0 Å². The van der Waals surface area contributed by atoms with Gasteiger partial charge in [-0.25, -0.2) is 4.39 Å². The first-order valence-electron chi connectivity index (χ1n) is 8.79. The van der Waals surface area contributed by atoms with E-state index in [0.29, 0.717) is 18.5 Å². The molecule has 0 aromatic heterocycles. The van der Waals surface area contributed by atoms with Crippen LogP contribution in [0.1, 0.15) is 25.8 Å². The summed E-state index contributed by atoms with van der Waals surface area (Å²) in [4.78, 5) is 19.2. The Kier molecular flexibility index (Phi) is 6.75. The van der Waals surface area contributed by atoms with Gasteiger partial charge in [-0.3, -0.25) is 9.69 Å². The summed E-state index contributed by atoms with van der Waals surface area (Å²) < 4.78 is 13.0. The number of hydrogen-bond acceptors (Lipinski definition) is 3. The lowest BCUT2D eigenvalue weighted by Crippen LogP contribution is -2.58. The zero-order chi connectivity index (χ0) is 17.7. The second-order valence-electron chi connectivity index (χ2n) is 7.19. The molecular weight excluding hydrogens is 305 g/mol. The molecule has 0 radical (unpaired) electrons. The van der Waals surface area contributed by atoms with Gasteiger partial charge in [0, 0.05) is 31.7 Å². The van der Waals surface area contributed by atoms with Crippen molar-refractivity contribution in [3.63, 3.8) is 0 Å². The number of amides is 1. The molecule has 5 heteroatoms. The number of piperazine rings is 1. The van der Waals surface area contributed by atoms with Crippen molar-refractivity contribution in [2.75, 3.05) is 40.3 Å². The van der Waals surface area contributed by atoms with Gasteiger partial charge in [0.15, 0.2) is 0 Å². The van der Waals surface area contributed by atoms with Crippen molar-refractivity contribution in [2.45, 2.75) is 38.8 Å². The van der Waals surface area contributed by atoms with Crippen molar-refractivity contribution in [3.8, 4) is 0 Å². The van der Waals surface area contributed by atoms with Crippen LogP contribution in [0.25, 0.3) is 0 Å². The maximum atomic E-state index is 13.0. The average Bonchev–Trinajstić information content (AvgIpc) is 2.51. The van der Waals surface area contributed by atoms with Crippen LogP contribution in [0, 0.1) is 5.82 Å². The molecule has 1 heterocycles. The SMILES string of the molecule is CC1CN(C(=O)Cc2ccc(F)cc2)CC(C)N1CCCN(C)C. The van der Waals surface area contributed by atoms with Gasteiger partial charge < -0.3 is 9.80 Å². The summed E-state index contributed by atoms with van der Waals surface area (Å²) >= 11 is 0. The second kappa shape index (κ2) is 8.58. The first kappa shape index (κ1) is 18.9. The Bertz CT molecular complexity index is 520. The molecule has 2 atom stereocenters. The van der Waals surface area contributed by atoms with Crippen LogP contribution in [0.5, 0.6) is 0 Å². The molecule has 0 aliphatic carbocycles. The Morgan fingerprint density at radius 3 is 2.29 bits per heavy atom. The van der Waals surface area contributed by atoms with E-state index in [1.165, 1.54) is 12.1 Å². The number of rotatable bonds is 6. The predicted molar refractivity (Wildman–Crippen MR) is 95.5 cm³/mol. The molecule has 0 spiro atoms. The van der Waals surface area contributed by atoms with Crippen molar-refractivity contribution in [2.24, 2.45) is 0 Å². The summed E-state index contributed by atoms with van der Waals surface area (Å²) in [6.45, 7) is 8.09. The van der Waals surface area contributed by atoms with E-state index in [9.17, 15) is 9.18 Å². The third-order valence-electron chi connectivity index (χ3n) is 4.74. The molecule has 0 saturated carbocycles. The maximum Gasteiger partial charge on any atom is 0.227 e. The van der Waals surface area contributed by atoms with Gasteiger partial charge in [0.25, 0.3) is 0 Å². The largest absolute Gasteiger partial charge is 0.339 e. The number of hydrogen-bond donors (Lipinski definition) is 0. The van der Waals surface area contributed by atoms with E-state index in [-0.39, 0.29) is 11.7 Å². The minimum absolute atomic E-state index is 0.133. The molecule has 1 saturated heterocycles. The molecular formula is C19H30FN3O.